The van der Waals surface area contributed by atoms with Crippen LogP contribution in [0.5, 0.6) is 0 Å². The lowest BCUT2D eigenvalue weighted by Crippen LogP contribution is -2.50. The zero-order valence-electron chi connectivity index (χ0n) is 17.7. The van der Waals surface area contributed by atoms with Gasteiger partial charge in [0.2, 0.25) is 5.91 Å². The molecule has 5 rings (SSSR count). The van der Waals surface area contributed by atoms with Gasteiger partial charge in [0.15, 0.2) is 5.82 Å². The zero-order chi connectivity index (χ0) is 22.6. The van der Waals surface area contributed by atoms with Crippen molar-refractivity contribution in [3.05, 3.63) is 76.7 Å². The van der Waals surface area contributed by atoms with Crippen LogP contribution in [0.4, 0.5) is 5.82 Å². The summed E-state index contributed by atoms with van der Waals surface area (Å²) in [7, 11) is 0. The highest BCUT2D eigenvalue weighted by atomic mass is 32.1. The monoisotopic (exact) mass is 459 g/mol. The van der Waals surface area contributed by atoms with Crippen molar-refractivity contribution in [2.75, 3.05) is 31.1 Å². The Hall–Kier alpha value is -3.92. The number of hydrogen-bond donors (Lipinski definition) is 0. The van der Waals surface area contributed by atoms with Crippen molar-refractivity contribution in [1.82, 2.24) is 29.9 Å². The van der Waals surface area contributed by atoms with Crippen LogP contribution in [0.15, 0.2) is 71.1 Å². The molecule has 0 radical (unpaired) electrons. The first-order chi connectivity index (χ1) is 16.2. The molecule has 0 atom stereocenters. The van der Waals surface area contributed by atoms with Crippen molar-refractivity contribution in [2.24, 2.45) is 0 Å². The van der Waals surface area contributed by atoms with Gasteiger partial charge in [-0.1, -0.05) is 6.07 Å². The highest BCUT2D eigenvalue weighted by Crippen LogP contribution is 2.21. The maximum Gasteiger partial charge on any atom is 0.267 e. The largest absolute Gasteiger partial charge is 0.352 e. The number of pyridine rings is 1. The smallest absolute Gasteiger partial charge is 0.267 e. The number of rotatable bonds is 5. The molecule has 1 fully saturated rings. The number of aromatic nitrogens is 5. The molecule has 10 heteroatoms. The van der Waals surface area contributed by atoms with Gasteiger partial charge in [-0.05, 0) is 41.8 Å². The average Bonchev–Trinajstić information content (AvgIpc) is 3.41. The Morgan fingerprint density at radius 1 is 0.939 bits per heavy atom. The summed E-state index contributed by atoms with van der Waals surface area (Å²) < 4.78 is 1.24. The predicted octanol–water partition coefficient (Wildman–Crippen LogP) is 2.17. The van der Waals surface area contributed by atoms with Gasteiger partial charge in [0.1, 0.15) is 12.2 Å². The summed E-state index contributed by atoms with van der Waals surface area (Å²) in [6, 6.07) is 14.7. The van der Waals surface area contributed by atoms with Gasteiger partial charge < -0.3 is 9.80 Å². The van der Waals surface area contributed by atoms with Crippen LogP contribution in [0.1, 0.15) is 0 Å². The second kappa shape index (κ2) is 9.29. The number of anilines is 1. The van der Waals surface area contributed by atoms with E-state index in [1.54, 1.807) is 34.7 Å². The Balaban J connectivity index is 1.20. The van der Waals surface area contributed by atoms with Gasteiger partial charge >= 0.3 is 0 Å². The lowest BCUT2D eigenvalue weighted by molar-refractivity contribution is -0.132. The van der Waals surface area contributed by atoms with E-state index in [-0.39, 0.29) is 18.0 Å². The van der Waals surface area contributed by atoms with E-state index in [1.165, 1.54) is 10.7 Å². The van der Waals surface area contributed by atoms with E-state index < -0.39 is 0 Å². The fraction of sp³-hybridized carbons (Fsp3) is 0.217. The molecule has 0 aromatic carbocycles. The zero-order valence-corrected chi connectivity index (χ0v) is 18.6. The number of thiophene rings is 1. The molecule has 1 amide bonds. The Morgan fingerprint density at radius 3 is 2.48 bits per heavy atom. The molecule has 0 bridgehead atoms. The molecular weight excluding hydrogens is 438 g/mol. The van der Waals surface area contributed by atoms with Crippen LogP contribution in [0.3, 0.4) is 0 Å². The van der Waals surface area contributed by atoms with E-state index in [1.807, 2.05) is 41.8 Å². The van der Waals surface area contributed by atoms with E-state index in [0.29, 0.717) is 31.9 Å². The molecule has 9 nitrogen and oxygen atoms in total. The maximum atomic E-state index is 12.8. The summed E-state index contributed by atoms with van der Waals surface area (Å²) in [4.78, 5) is 34.0. The van der Waals surface area contributed by atoms with Crippen LogP contribution in [-0.2, 0) is 11.3 Å². The minimum atomic E-state index is -0.286. The van der Waals surface area contributed by atoms with E-state index in [9.17, 15) is 9.59 Å². The SMILES string of the molecule is O=C(Cn1nc(-c2cccs2)ccc1=O)N1CCN(c2ccc(-c3cccnc3)nn2)CC1. The summed E-state index contributed by atoms with van der Waals surface area (Å²) in [5, 5.41) is 15.0. The highest BCUT2D eigenvalue weighted by Gasteiger charge is 2.23. The molecule has 166 valence electrons. The molecule has 1 aliphatic rings. The van der Waals surface area contributed by atoms with Crippen LogP contribution in [0.2, 0.25) is 0 Å². The minimum Gasteiger partial charge on any atom is -0.352 e. The van der Waals surface area contributed by atoms with Crippen LogP contribution < -0.4 is 10.5 Å². The Kier molecular flexibility index (Phi) is 5.90. The Bertz CT molecular complexity index is 1280. The summed E-state index contributed by atoms with van der Waals surface area (Å²) in [5.41, 5.74) is 2.09. The number of piperazine rings is 1. The summed E-state index contributed by atoms with van der Waals surface area (Å²) >= 11 is 1.54. The van der Waals surface area contributed by atoms with Crippen molar-refractivity contribution in [1.29, 1.82) is 0 Å². The third-order valence-electron chi connectivity index (χ3n) is 5.49. The highest BCUT2D eigenvalue weighted by molar-refractivity contribution is 7.13. The van der Waals surface area contributed by atoms with Gasteiger partial charge in [0.05, 0.1) is 10.6 Å². The fourth-order valence-electron chi connectivity index (χ4n) is 3.69. The maximum absolute atomic E-state index is 12.8. The molecule has 0 N–H and O–H groups in total. The van der Waals surface area contributed by atoms with Gasteiger partial charge in [-0.3, -0.25) is 14.6 Å². The second-order valence-corrected chi connectivity index (χ2v) is 8.53. The molecule has 0 spiro atoms. The average molecular weight is 460 g/mol. The fourth-order valence-corrected chi connectivity index (χ4v) is 4.38. The van der Waals surface area contributed by atoms with Gasteiger partial charge in [-0.15, -0.1) is 21.5 Å². The third kappa shape index (κ3) is 4.65. The van der Waals surface area contributed by atoms with Crippen LogP contribution >= 0.6 is 11.3 Å². The molecule has 33 heavy (non-hydrogen) atoms. The summed E-state index contributed by atoms with van der Waals surface area (Å²) in [6.45, 7) is 2.31. The van der Waals surface area contributed by atoms with Crippen molar-refractivity contribution >= 4 is 23.1 Å². The van der Waals surface area contributed by atoms with Crippen molar-refractivity contribution < 1.29 is 4.79 Å². The van der Waals surface area contributed by atoms with Crippen LogP contribution in [-0.4, -0.2) is 61.9 Å². The van der Waals surface area contributed by atoms with Gasteiger partial charge in [0.25, 0.3) is 5.56 Å². The van der Waals surface area contributed by atoms with E-state index >= 15 is 0 Å². The minimum absolute atomic E-state index is 0.0718. The van der Waals surface area contributed by atoms with Crippen LogP contribution in [0.25, 0.3) is 21.8 Å². The van der Waals surface area contributed by atoms with E-state index in [4.69, 9.17) is 0 Å². The summed E-state index contributed by atoms with van der Waals surface area (Å²) in [5.74, 6) is 0.655. The van der Waals surface area contributed by atoms with E-state index in [0.717, 1.165) is 22.0 Å². The quantitative estimate of drug-likeness (QED) is 0.451. The molecule has 4 aromatic heterocycles. The number of carbonyl (C=O) groups excluding carboxylic acids is 1. The van der Waals surface area contributed by atoms with Gasteiger partial charge in [-0.25, -0.2) is 4.68 Å². The first-order valence-corrected chi connectivity index (χ1v) is 11.4. The lowest BCUT2D eigenvalue weighted by Gasteiger charge is -2.35. The summed E-state index contributed by atoms with van der Waals surface area (Å²) in [6.07, 6.45) is 3.48. The first kappa shape index (κ1) is 21.0. The van der Waals surface area contributed by atoms with E-state index in [2.05, 4.69) is 25.2 Å². The topological polar surface area (TPSA) is 97.1 Å². The number of amides is 1. The second-order valence-electron chi connectivity index (χ2n) is 7.58. The lowest BCUT2D eigenvalue weighted by atomic mass is 10.2. The molecule has 1 aliphatic heterocycles. The molecule has 1 saturated heterocycles. The number of carbonyl (C=O) groups is 1. The normalized spacial score (nSPS) is 13.8. The van der Waals surface area contributed by atoms with Gasteiger partial charge in [0, 0.05) is 50.2 Å². The molecule has 0 saturated carbocycles. The van der Waals surface area contributed by atoms with Crippen molar-refractivity contribution in [3.8, 4) is 21.8 Å². The Morgan fingerprint density at radius 2 is 1.79 bits per heavy atom. The molecule has 5 heterocycles. The Labute approximate surface area is 194 Å². The van der Waals surface area contributed by atoms with Crippen molar-refractivity contribution in [2.45, 2.75) is 6.54 Å². The van der Waals surface area contributed by atoms with Gasteiger partial charge in [-0.2, -0.15) is 5.10 Å². The third-order valence-corrected chi connectivity index (χ3v) is 6.38. The molecular formula is C23H21N7O2S. The number of nitrogens with zero attached hydrogens (tertiary/aromatic N) is 7. The predicted molar refractivity (Wildman–Crippen MR) is 126 cm³/mol. The molecule has 4 aromatic rings. The molecule has 0 aliphatic carbocycles. The standard InChI is InChI=1S/C23H21N7O2S/c31-22-8-6-19(20-4-2-14-33-20)27-30(22)16-23(32)29-12-10-28(11-13-29)21-7-5-18(25-26-21)17-3-1-9-24-15-17/h1-9,14-15H,10-13,16H2. The number of hydrogen-bond acceptors (Lipinski definition) is 8. The first-order valence-electron chi connectivity index (χ1n) is 10.6. The van der Waals surface area contributed by atoms with Crippen molar-refractivity contribution in [3.63, 3.8) is 0 Å². The molecule has 0 unspecified atom stereocenters. The van der Waals surface area contributed by atoms with Crippen LogP contribution in [0, 0.1) is 0 Å².